The molecule has 4 saturated heterocycles. The van der Waals surface area contributed by atoms with Crippen LogP contribution in [0.5, 0.6) is 0 Å². The lowest BCUT2D eigenvalue weighted by atomic mass is 9.85. The van der Waals surface area contributed by atoms with Gasteiger partial charge in [-0.2, -0.15) is 10.2 Å². The van der Waals surface area contributed by atoms with Crippen LogP contribution in [0.3, 0.4) is 0 Å². The third-order valence-electron chi connectivity index (χ3n) is 14.9. The molecule has 67 heavy (non-hydrogen) atoms. The molecule has 8 heterocycles. The van der Waals surface area contributed by atoms with E-state index < -0.39 is 30.0 Å². The number of ether oxygens (including phenoxy) is 1. The summed E-state index contributed by atoms with van der Waals surface area (Å²) in [4.78, 5) is 76.5. The summed E-state index contributed by atoms with van der Waals surface area (Å²) in [5.74, 6) is -0.121. The summed E-state index contributed by atoms with van der Waals surface area (Å²) in [6.07, 6.45) is 10.3. The molecule has 20 heteroatoms. The minimum absolute atomic E-state index is 0.0215. The van der Waals surface area contributed by atoms with Crippen LogP contribution in [0, 0.1) is 5.92 Å². The highest BCUT2D eigenvalue weighted by atomic mass is 19.3. The summed E-state index contributed by atoms with van der Waals surface area (Å²) in [5, 5.41) is 13.7. The van der Waals surface area contributed by atoms with E-state index >= 15 is 0 Å². The van der Waals surface area contributed by atoms with E-state index in [9.17, 15) is 32.8 Å². The number of likely N-dealkylation sites (tertiary alicyclic amines) is 1. The molecule has 4 atom stereocenters. The van der Waals surface area contributed by atoms with E-state index in [0.29, 0.717) is 80.5 Å². The summed E-state index contributed by atoms with van der Waals surface area (Å²) in [7, 11) is 1.69. The number of fused-ring (bicyclic) bond motifs is 4. The number of hydrogen-bond acceptors (Lipinski definition) is 11. The van der Waals surface area contributed by atoms with Gasteiger partial charge >= 0.3 is 5.69 Å². The zero-order valence-electron chi connectivity index (χ0n) is 38.0. The first-order valence-corrected chi connectivity index (χ1v) is 23.9. The van der Waals surface area contributed by atoms with E-state index in [4.69, 9.17) is 9.72 Å². The molecule has 1 aliphatic carbocycles. The average molecular weight is 925 g/mol. The monoisotopic (exact) mass is 924 g/mol. The Morgan fingerprint density at radius 3 is 2.49 bits per heavy atom. The molecule has 1 saturated carbocycles. The van der Waals surface area contributed by atoms with Crippen molar-refractivity contribution in [3.05, 3.63) is 70.2 Å². The van der Waals surface area contributed by atoms with Gasteiger partial charge in [0.25, 0.3) is 12.3 Å². The molecule has 18 nitrogen and oxygen atoms in total. The number of hydrogen-bond donors (Lipinski definition) is 2. The second kappa shape index (κ2) is 18.6. The van der Waals surface area contributed by atoms with E-state index in [1.165, 1.54) is 21.5 Å². The summed E-state index contributed by atoms with van der Waals surface area (Å²) in [6, 6.07) is 7.26. The van der Waals surface area contributed by atoms with E-state index in [1.807, 2.05) is 36.1 Å². The number of nitrogens with zero attached hydrogens (tertiary/aromatic N) is 10. The zero-order chi connectivity index (χ0) is 46.5. The SMILES string of the molecule is CCO[C@@H]1CCN(c2ccn3ncc(C(=O)Nc4cn([C@H]5CC[C@H](CN6[C@@H]7CC[C@H]6CN(C(=O)CCCc6cccc8c6n(C)c(=O)n8C6CCC(=O)NC6=O)C7)CC5)nc4C(F)F)c3n2)C1. The Morgan fingerprint density at radius 2 is 1.75 bits per heavy atom. The number of alkyl halides is 2. The number of anilines is 2. The fourth-order valence-electron chi connectivity index (χ4n) is 11.5. The third-order valence-corrected chi connectivity index (χ3v) is 14.9. The van der Waals surface area contributed by atoms with E-state index in [2.05, 4.69) is 30.6 Å². The number of nitrogens with one attached hydrogen (secondary N) is 2. The van der Waals surface area contributed by atoms with Crippen LogP contribution in [0.4, 0.5) is 20.3 Å². The number of benzene rings is 1. The van der Waals surface area contributed by atoms with Crippen molar-refractivity contribution in [3.63, 3.8) is 0 Å². The van der Waals surface area contributed by atoms with E-state index in [-0.39, 0.29) is 53.7 Å². The molecule has 0 radical (unpaired) electrons. The van der Waals surface area contributed by atoms with Crippen molar-refractivity contribution in [2.24, 2.45) is 13.0 Å². The minimum Gasteiger partial charge on any atom is -0.377 e. The first-order valence-electron chi connectivity index (χ1n) is 23.9. The number of imide groups is 1. The van der Waals surface area contributed by atoms with Gasteiger partial charge in [-0.3, -0.25) is 43.2 Å². The van der Waals surface area contributed by atoms with Crippen molar-refractivity contribution in [2.75, 3.05) is 49.5 Å². The number of carbonyl (C=O) groups is 4. The number of aryl methyl sites for hydroxylation is 2. The van der Waals surface area contributed by atoms with Crippen molar-refractivity contribution in [1.82, 2.24) is 48.6 Å². The van der Waals surface area contributed by atoms with Crippen LogP contribution >= 0.6 is 0 Å². The van der Waals surface area contributed by atoms with Crippen LogP contribution in [0.2, 0.25) is 0 Å². The Hall–Kier alpha value is -6.02. The molecule has 1 aromatic carbocycles. The van der Waals surface area contributed by atoms with Gasteiger partial charge in [0.2, 0.25) is 17.7 Å². The summed E-state index contributed by atoms with van der Waals surface area (Å²) in [6.45, 7) is 6.39. The Bertz CT molecular complexity index is 2740. The van der Waals surface area contributed by atoms with Crippen molar-refractivity contribution in [2.45, 2.75) is 121 Å². The lowest BCUT2D eigenvalue weighted by molar-refractivity contribution is -0.136. The topological polar surface area (TPSA) is 186 Å². The number of para-hydroxylation sites is 1. The van der Waals surface area contributed by atoms with Gasteiger partial charge in [0, 0.05) is 83.7 Å². The third kappa shape index (κ3) is 8.73. The maximum atomic E-state index is 14.4. The highest BCUT2D eigenvalue weighted by molar-refractivity contribution is 6.08. The fraction of sp³-hybridized carbons (Fsp3) is 0.574. The average Bonchev–Trinajstić information content (AvgIpc) is 4.15. The van der Waals surface area contributed by atoms with Gasteiger partial charge in [0.15, 0.2) is 11.3 Å². The predicted octanol–water partition coefficient (Wildman–Crippen LogP) is 4.79. The lowest BCUT2D eigenvalue weighted by Gasteiger charge is -2.43. The summed E-state index contributed by atoms with van der Waals surface area (Å²) >= 11 is 0. The Kier molecular flexibility index (Phi) is 12.4. The number of rotatable bonds is 14. The number of halogens is 2. The normalized spacial score (nSPS) is 24.7. The first-order chi connectivity index (χ1) is 32.4. The van der Waals surface area contributed by atoms with Crippen LogP contribution < -0.4 is 21.2 Å². The molecular weight excluding hydrogens is 867 g/mol. The molecule has 1 unspecified atom stereocenters. The maximum absolute atomic E-state index is 14.4. The highest BCUT2D eigenvalue weighted by Crippen LogP contribution is 2.38. The molecule has 4 aliphatic heterocycles. The molecule has 5 fully saturated rings. The number of aromatic nitrogens is 7. The molecular formula is C47H58F2N12O6. The van der Waals surface area contributed by atoms with Crippen molar-refractivity contribution in [1.29, 1.82) is 0 Å². The van der Waals surface area contributed by atoms with E-state index in [1.54, 1.807) is 22.5 Å². The number of imidazole rings is 1. The standard InChI is InChI=1S/C47H58F2N12O6/c1-3-67-33-18-20-56(26-33)38-19-21-59-44(52-38)34(22-50-59)45(64)51-35-27-60(54-41(35)43(48)49)30-12-10-28(11-13-30)23-58-31-14-15-32(58)25-57(24-31)40(63)9-5-7-29-6-4-8-36-42(29)55(2)47(66)61(36)37-16-17-39(62)53-46(37)65/h4,6,8,19,21-22,27-28,30-33,37,43H,3,5,7,9-18,20,23-26H2,1-2H3,(H,51,64)(H,53,62,65)/t28-,30-,31-,32+,33-,37?/m1/s1. The van der Waals surface area contributed by atoms with Gasteiger partial charge in [0.1, 0.15) is 17.4 Å². The quantitative estimate of drug-likeness (QED) is 0.146. The van der Waals surface area contributed by atoms with Gasteiger partial charge in [-0.25, -0.2) is 23.1 Å². The van der Waals surface area contributed by atoms with Gasteiger partial charge in [-0.05, 0) is 94.7 Å². The van der Waals surface area contributed by atoms with Crippen LogP contribution in [-0.4, -0.2) is 124 Å². The predicted molar refractivity (Wildman–Crippen MR) is 243 cm³/mol. The Labute approximate surface area is 385 Å². The number of carbonyl (C=O) groups excluding carboxylic acids is 4. The number of piperidine rings is 1. The number of piperazine rings is 1. The largest absolute Gasteiger partial charge is 0.377 e. The number of amides is 4. The second-order valence-electron chi connectivity index (χ2n) is 19.0. The van der Waals surface area contributed by atoms with Gasteiger partial charge in [-0.15, -0.1) is 0 Å². The van der Waals surface area contributed by atoms with Gasteiger partial charge in [0.05, 0.1) is 35.1 Å². The summed E-state index contributed by atoms with van der Waals surface area (Å²) < 4.78 is 40.7. The molecule has 0 spiro atoms. The molecule has 10 rings (SSSR count). The van der Waals surface area contributed by atoms with Crippen molar-refractivity contribution >= 4 is 51.8 Å². The van der Waals surface area contributed by atoms with Gasteiger partial charge in [-0.1, -0.05) is 12.1 Å². The second-order valence-corrected chi connectivity index (χ2v) is 19.0. The van der Waals surface area contributed by atoms with Crippen molar-refractivity contribution < 1.29 is 32.7 Å². The van der Waals surface area contributed by atoms with E-state index in [0.717, 1.165) is 69.1 Å². The van der Waals surface area contributed by atoms with Crippen LogP contribution in [0.15, 0.2) is 47.7 Å². The maximum Gasteiger partial charge on any atom is 0.329 e. The fourth-order valence-corrected chi connectivity index (χ4v) is 11.5. The lowest BCUT2D eigenvalue weighted by Crippen LogP contribution is -2.56. The smallest absolute Gasteiger partial charge is 0.329 e. The molecule has 4 amide bonds. The molecule has 5 aliphatic rings. The molecule has 2 N–H and O–H groups in total. The van der Waals surface area contributed by atoms with Crippen LogP contribution in [0.1, 0.15) is 118 Å². The zero-order valence-corrected chi connectivity index (χ0v) is 38.0. The molecule has 356 valence electrons. The molecule has 5 aromatic rings. The highest BCUT2D eigenvalue weighted by Gasteiger charge is 2.42. The first kappa shape index (κ1) is 44.8. The Morgan fingerprint density at radius 1 is 0.970 bits per heavy atom. The van der Waals surface area contributed by atoms with Crippen molar-refractivity contribution in [3.8, 4) is 0 Å². The summed E-state index contributed by atoms with van der Waals surface area (Å²) in [5.41, 5.74) is 2.04. The molecule has 4 aromatic heterocycles. The van der Waals surface area contributed by atoms with Gasteiger partial charge < -0.3 is 19.9 Å². The minimum atomic E-state index is -2.88. The van der Waals surface area contributed by atoms with Crippen LogP contribution in [-0.2, 0) is 32.6 Å². The molecule has 2 bridgehead atoms. The Balaban J connectivity index is 0.716. The van der Waals surface area contributed by atoms with Crippen LogP contribution in [0.25, 0.3) is 16.7 Å².